The van der Waals surface area contributed by atoms with Crippen LogP contribution in [0, 0.1) is 0 Å². The Labute approximate surface area is 259 Å². The first-order chi connectivity index (χ1) is 21.6. The van der Waals surface area contributed by atoms with E-state index in [1.165, 1.54) is 0 Å². The number of carbonyl (C=O) groups is 1. The highest BCUT2D eigenvalue weighted by atomic mass is 35.5. The number of halogens is 1. The highest BCUT2D eigenvalue weighted by Gasteiger charge is 2.24. The predicted octanol–water partition coefficient (Wildman–Crippen LogP) is 6.38. The summed E-state index contributed by atoms with van der Waals surface area (Å²) in [5.74, 6) is 0.796. The molecule has 0 fully saturated rings. The average molecular weight is 607 g/mol. The second-order valence-corrected chi connectivity index (χ2v) is 10.8. The fourth-order valence-electron chi connectivity index (χ4n) is 5.08. The van der Waals surface area contributed by atoms with Crippen molar-refractivity contribution in [2.24, 2.45) is 0 Å². The highest BCUT2D eigenvalue weighted by molar-refractivity contribution is 6.32. The molecule has 0 aliphatic carbocycles. The van der Waals surface area contributed by atoms with E-state index in [0.717, 1.165) is 58.6 Å². The number of unbranched alkanes of at least 4 members (excludes halogenated alkanes) is 1. The third-order valence-electron chi connectivity index (χ3n) is 7.39. The first kappa shape index (κ1) is 29.0. The number of aromatic amines is 1. The lowest BCUT2D eigenvalue weighted by Crippen LogP contribution is -2.15. The largest absolute Gasteiger partial charge is 0.456 e. The van der Waals surface area contributed by atoms with Crippen molar-refractivity contribution in [2.75, 3.05) is 0 Å². The van der Waals surface area contributed by atoms with Crippen LogP contribution in [0.15, 0.2) is 91.5 Å². The van der Waals surface area contributed by atoms with Crippen molar-refractivity contribution in [1.82, 2.24) is 39.7 Å². The van der Waals surface area contributed by atoms with Gasteiger partial charge in [-0.25, -0.2) is 14.8 Å². The van der Waals surface area contributed by atoms with E-state index in [2.05, 4.69) is 37.5 Å². The zero-order valence-corrected chi connectivity index (χ0v) is 25.0. The number of nitrogens with one attached hydrogen (secondary N) is 1. The molecule has 1 N–H and O–H groups in total. The quantitative estimate of drug-likeness (QED) is 0.161. The summed E-state index contributed by atoms with van der Waals surface area (Å²) in [6.45, 7) is 3.40. The Morgan fingerprint density at radius 3 is 2.36 bits per heavy atom. The molecule has 11 heteroatoms. The molecule has 3 aromatic heterocycles. The summed E-state index contributed by atoms with van der Waals surface area (Å²) >= 11 is 6.57. The van der Waals surface area contributed by atoms with Gasteiger partial charge in [-0.05, 0) is 39.5 Å². The topological polar surface area (TPSA) is 116 Å². The Kier molecular flexibility index (Phi) is 8.88. The van der Waals surface area contributed by atoms with Crippen LogP contribution in [0.1, 0.15) is 52.8 Å². The number of imidazole rings is 2. The van der Waals surface area contributed by atoms with Crippen molar-refractivity contribution < 1.29 is 9.53 Å². The number of rotatable bonds is 12. The van der Waals surface area contributed by atoms with Crippen LogP contribution in [-0.4, -0.2) is 45.7 Å². The van der Waals surface area contributed by atoms with Crippen LogP contribution in [0.25, 0.3) is 22.5 Å². The molecule has 0 bridgehead atoms. The van der Waals surface area contributed by atoms with Crippen LogP contribution in [0.3, 0.4) is 0 Å². The molecule has 0 saturated heterocycles. The van der Waals surface area contributed by atoms with Gasteiger partial charge in [0.15, 0.2) is 10.8 Å². The van der Waals surface area contributed by atoms with Crippen LogP contribution < -0.4 is 0 Å². The van der Waals surface area contributed by atoms with Crippen molar-refractivity contribution in [1.29, 1.82) is 0 Å². The number of tetrazole rings is 1. The fourth-order valence-corrected chi connectivity index (χ4v) is 5.36. The van der Waals surface area contributed by atoms with E-state index in [4.69, 9.17) is 16.3 Å². The molecule has 0 atom stereocenters. The lowest BCUT2D eigenvalue weighted by atomic mass is 9.98. The Hall–Kier alpha value is -5.09. The molecule has 0 aliphatic heterocycles. The number of aromatic nitrogens is 8. The first-order valence-corrected chi connectivity index (χ1v) is 14.8. The molecule has 3 heterocycles. The number of benzene rings is 3. The second-order valence-electron chi connectivity index (χ2n) is 10.5. The van der Waals surface area contributed by atoms with E-state index in [1.54, 1.807) is 12.5 Å². The van der Waals surface area contributed by atoms with Crippen molar-refractivity contribution in [2.45, 2.75) is 45.9 Å². The molecule has 222 valence electrons. The molecule has 0 amide bonds. The Morgan fingerprint density at radius 2 is 1.66 bits per heavy atom. The molecule has 6 aromatic rings. The van der Waals surface area contributed by atoms with Crippen molar-refractivity contribution in [3.63, 3.8) is 0 Å². The molecule has 44 heavy (non-hydrogen) atoms. The third-order valence-corrected chi connectivity index (χ3v) is 7.65. The number of H-pyrrole nitrogens is 1. The lowest BCUT2D eigenvalue weighted by Gasteiger charge is -2.13. The molecule has 3 aromatic carbocycles. The number of aryl methyl sites for hydroxylation is 1. The smallest absolute Gasteiger partial charge is 0.358 e. The summed E-state index contributed by atoms with van der Waals surface area (Å²) in [6, 6.07) is 24.1. The van der Waals surface area contributed by atoms with Gasteiger partial charge in [-0.1, -0.05) is 97.7 Å². The van der Waals surface area contributed by atoms with Gasteiger partial charge in [-0.3, -0.25) is 0 Å². The van der Waals surface area contributed by atoms with Gasteiger partial charge in [0.25, 0.3) is 0 Å². The standard InChI is InChI=1S/C33H31ClN8O2/c1-2-3-8-29-36-31(34)30(33(43)44-21-25-11-9-23(10-12-25)19-41-18-17-35-22-41)42(29)20-24-13-15-26(16-14-24)27-6-4-5-7-28(27)32-37-39-40-38-32/h4-7,9-18,22H,2-3,8,19-21H2,1H3,(H,37,38,39,40). The zero-order chi connectivity index (χ0) is 30.3. The SMILES string of the molecule is CCCCc1nc(Cl)c(C(=O)OCc2ccc(Cn3ccnc3)cc2)n1Cc1ccc(-c2ccccc2-c2nn[nH]n2)cc1. The summed E-state index contributed by atoms with van der Waals surface area (Å²) in [4.78, 5) is 22.1. The van der Waals surface area contributed by atoms with Crippen LogP contribution in [0.4, 0.5) is 0 Å². The normalized spacial score (nSPS) is 11.1. The molecule has 0 unspecified atom stereocenters. The number of ether oxygens (including phenoxy) is 1. The minimum absolute atomic E-state index is 0.129. The first-order valence-electron chi connectivity index (χ1n) is 14.5. The molecule has 0 spiro atoms. The maximum Gasteiger partial charge on any atom is 0.358 e. The van der Waals surface area contributed by atoms with Gasteiger partial charge in [-0.2, -0.15) is 5.21 Å². The number of carbonyl (C=O) groups excluding carboxylic acids is 1. The summed E-state index contributed by atoms with van der Waals surface area (Å²) in [5, 5.41) is 14.7. The van der Waals surface area contributed by atoms with Gasteiger partial charge in [0.2, 0.25) is 5.82 Å². The number of nitrogens with zero attached hydrogens (tertiary/aromatic N) is 7. The highest BCUT2D eigenvalue weighted by Crippen LogP contribution is 2.30. The van der Waals surface area contributed by atoms with E-state index in [0.29, 0.717) is 18.8 Å². The molecule has 0 saturated carbocycles. The van der Waals surface area contributed by atoms with E-state index in [9.17, 15) is 4.79 Å². The number of hydrogen-bond donors (Lipinski definition) is 1. The second kappa shape index (κ2) is 13.5. The summed E-state index contributed by atoms with van der Waals surface area (Å²) in [5.41, 5.74) is 6.17. The molecule has 0 aliphatic rings. The Morgan fingerprint density at radius 1 is 0.932 bits per heavy atom. The van der Waals surface area contributed by atoms with E-state index in [1.807, 2.05) is 88.1 Å². The maximum atomic E-state index is 13.4. The molecular weight excluding hydrogens is 576 g/mol. The minimum Gasteiger partial charge on any atom is -0.456 e. The van der Waals surface area contributed by atoms with Crippen LogP contribution >= 0.6 is 11.6 Å². The van der Waals surface area contributed by atoms with Crippen LogP contribution in [0.5, 0.6) is 0 Å². The fraction of sp³-hybridized carbons (Fsp3) is 0.212. The Bertz CT molecular complexity index is 1810. The lowest BCUT2D eigenvalue weighted by molar-refractivity contribution is 0.0460. The predicted molar refractivity (Wildman–Crippen MR) is 167 cm³/mol. The number of hydrogen-bond acceptors (Lipinski definition) is 7. The van der Waals surface area contributed by atoms with Gasteiger partial charge in [0, 0.05) is 37.5 Å². The average Bonchev–Trinajstić information content (AvgIpc) is 3.83. The van der Waals surface area contributed by atoms with Crippen LogP contribution in [0.2, 0.25) is 5.15 Å². The summed E-state index contributed by atoms with van der Waals surface area (Å²) in [6.07, 6.45) is 8.09. The third kappa shape index (κ3) is 6.60. The number of esters is 1. The monoisotopic (exact) mass is 606 g/mol. The van der Waals surface area contributed by atoms with Crippen molar-refractivity contribution in [3.8, 4) is 22.5 Å². The van der Waals surface area contributed by atoms with E-state index >= 15 is 0 Å². The van der Waals surface area contributed by atoms with Gasteiger partial charge in [-0.15, -0.1) is 10.2 Å². The summed E-state index contributed by atoms with van der Waals surface area (Å²) < 4.78 is 9.63. The van der Waals surface area contributed by atoms with Crippen molar-refractivity contribution in [3.05, 3.63) is 125 Å². The van der Waals surface area contributed by atoms with E-state index < -0.39 is 5.97 Å². The van der Waals surface area contributed by atoms with Gasteiger partial charge in [0.1, 0.15) is 12.4 Å². The minimum atomic E-state index is -0.501. The maximum absolute atomic E-state index is 13.4. The Balaban J connectivity index is 1.19. The van der Waals surface area contributed by atoms with Gasteiger partial charge in [0.05, 0.1) is 6.33 Å². The van der Waals surface area contributed by atoms with E-state index in [-0.39, 0.29) is 17.5 Å². The summed E-state index contributed by atoms with van der Waals surface area (Å²) in [7, 11) is 0. The molecule has 10 nitrogen and oxygen atoms in total. The van der Waals surface area contributed by atoms with Crippen molar-refractivity contribution >= 4 is 17.6 Å². The molecular formula is C33H31ClN8O2. The molecule has 0 radical (unpaired) electrons. The van der Waals surface area contributed by atoms with Gasteiger partial charge < -0.3 is 13.9 Å². The van der Waals surface area contributed by atoms with Gasteiger partial charge >= 0.3 is 5.97 Å². The van der Waals surface area contributed by atoms with Crippen LogP contribution in [-0.2, 0) is 30.9 Å². The molecule has 6 rings (SSSR count). The zero-order valence-electron chi connectivity index (χ0n) is 24.2.